The van der Waals surface area contributed by atoms with Crippen molar-refractivity contribution in [1.82, 2.24) is 0 Å². The number of aryl methyl sites for hydroxylation is 1. The van der Waals surface area contributed by atoms with Crippen LogP contribution in [0.2, 0.25) is 0 Å². The first-order chi connectivity index (χ1) is 15.6. The average Bonchev–Trinajstić information content (AvgIpc) is 3.16. The van der Waals surface area contributed by atoms with Gasteiger partial charge in [-0.25, -0.2) is 0 Å². The number of hydrogen-bond acceptors (Lipinski definition) is 8. The van der Waals surface area contributed by atoms with Gasteiger partial charge in [0, 0.05) is 22.1 Å². The molecule has 2 N–H and O–H groups in total. The minimum Gasteiger partial charge on any atom is -0.507 e. The summed E-state index contributed by atoms with van der Waals surface area (Å²) >= 11 is 1.55. The predicted octanol–water partition coefficient (Wildman–Crippen LogP) is 2.47. The van der Waals surface area contributed by atoms with Crippen molar-refractivity contribution in [1.29, 1.82) is 0 Å². The van der Waals surface area contributed by atoms with Crippen LogP contribution in [0.3, 0.4) is 0 Å². The summed E-state index contributed by atoms with van der Waals surface area (Å²) in [6.45, 7) is 3.04. The maximum absolute atomic E-state index is 13.5. The highest BCUT2D eigenvalue weighted by Gasteiger charge is 2.65. The molecule has 0 bridgehead atoms. The third-order valence-electron chi connectivity index (χ3n) is 7.41. The van der Waals surface area contributed by atoms with Crippen LogP contribution >= 0.6 is 11.3 Å². The molecule has 1 heterocycles. The Balaban J connectivity index is 1.62. The molecule has 0 radical (unpaired) electrons. The number of hydrogen-bond donors (Lipinski definition) is 2. The Labute approximate surface area is 193 Å². The second-order valence-corrected chi connectivity index (χ2v) is 10.6. The molecule has 0 saturated heterocycles. The standard InChI is InChI=1S/C25H22O7S/c1-10-3-6-18(33-10)14-4-5-16(27)21-15(14)8-12-7-13-9-17(28)19(11(2)26)23(30)25(13,32)24(31)20(12)22(21)29/h3-6,12-13,19-20,27,32H,7-9H2,1-2H3/t12-,13+,19?,20?,25-/m1/s1. The van der Waals surface area contributed by atoms with E-state index in [4.69, 9.17) is 0 Å². The van der Waals surface area contributed by atoms with Crippen molar-refractivity contribution in [2.75, 3.05) is 0 Å². The number of carbonyl (C=O) groups is 5. The molecule has 5 rings (SSSR count). The summed E-state index contributed by atoms with van der Waals surface area (Å²) in [4.78, 5) is 66.5. The van der Waals surface area contributed by atoms with E-state index >= 15 is 0 Å². The van der Waals surface area contributed by atoms with Gasteiger partial charge in [-0.1, -0.05) is 0 Å². The Kier molecular flexibility index (Phi) is 4.81. The number of aromatic hydroxyl groups is 1. The third kappa shape index (κ3) is 2.93. The van der Waals surface area contributed by atoms with Crippen molar-refractivity contribution in [2.45, 2.75) is 38.7 Å². The van der Waals surface area contributed by atoms with Crippen molar-refractivity contribution in [3.05, 3.63) is 40.3 Å². The van der Waals surface area contributed by atoms with Gasteiger partial charge in [-0.3, -0.25) is 24.0 Å². The second-order valence-electron chi connectivity index (χ2n) is 9.34. The van der Waals surface area contributed by atoms with Crippen LogP contribution in [-0.2, 0) is 25.6 Å². The average molecular weight is 467 g/mol. The fraction of sp³-hybridized carbons (Fsp3) is 0.400. The molecule has 1 aromatic heterocycles. The van der Waals surface area contributed by atoms with Gasteiger partial charge in [-0.05, 0) is 68.0 Å². The molecule has 0 aliphatic heterocycles. The summed E-state index contributed by atoms with van der Waals surface area (Å²) in [5, 5.41) is 21.8. The van der Waals surface area contributed by atoms with E-state index in [9.17, 15) is 34.2 Å². The number of phenols is 1. The zero-order valence-electron chi connectivity index (χ0n) is 18.1. The van der Waals surface area contributed by atoms with E-state index in [1.807, 2.05) is 19.1 Å². The minimum atomic E-state index is -2.54. The van der Waals surface area contributed by atoms with Crippen LogP contribution in [0.5, 0.6) is 5.75 Å². The quantitative estimate of drug-likeness (QED) is 0.651. The van der Waals surface area contributed by atoms with Gasteiger partial charge in [0.25, 0.3) is 0 Å². The van der Waals surface area contributed by atoms with E-state index in [-0.39, 0.29) is 24.2 Å². The zero-order chi connectivity index (χ0) is 23.8. The lowest BCUT2D eigenvalue weighted by atomic mass is 9.53. The largest absolute Gasteiger partial charge is 0.507 e. The maximum atomic E-state index is 13.5. The van der Waals surface area contributed by atoms with E-state index in [1.165, 1.54) is 6.07 Å². The van der Waals surface area contributed by atoms with Crippen LogP contribution in [0.1, 0.15) is 40.6 Å². The van der Waals surface area contributed by atoms with E-state index in [0.29, 0.717) is 12.0 Å². The summed E-state index contributed by atoms with van der Waals surface area (Å²) in [7, 11) is 0. The van der Waals surface area contributed by atoms with Gasteiger partial charge >= 0.3 is 0 Å². The Hall–Kier alpha value is -2.97. The summed E-state index contributed by atoms with van der Waals surface area (Å²) in [6.07, 6.45) is 0.154. The van der Waals surface area contributed by atoms with Gasteiger partial charge in [-0.2, -0.15) is 0 Å². The Morgan fingerprint density at radius 3 is 2.42 bits per heavy atom. The lowest BCUT2D eigenvalue weighted by Gasteiger charge is -2.48. The van der Waals surface area contributed by atoms with Gasteiger partial charge in [0.2, 0.25) is 0 Å². The molecular formula is C25H22O7S. The van der Waals surface area contributed by atoms with Crippen molar-refractivity contribution in [3.63, 3.8) is 0 Å². The van der Waals surface area contributed by atoms with Crippen molar-refractivity contribution in [2.24, 2.45) is 23.7 Å². The summed E-state index contributed by atoms with van der Waals surface area (Å²) in [5.74, 6) is -8.75. The molecule has 0 amide bonds. The summed E-state index contributed by atoms with van der Waals surface area (Å²) < 4.78 is 0. The normalized spacial score (nSPS) is 31.1. The molecular weight excluding hydrogens is 444 g/mol. The van der Waals surface area contributed by atoms with E-state index < -0.39 is 58.2 Å². The van der Waals surface area contributed by atoms with Gasteiger partial charge in [0.05, 0.1) is 11.5 Å². The molecule has 3 aliphatic carbocycles. The van der Waals surface area contributed by atoms with Crippen LogP contribution < -0.4 is 0 Å². The molecule has 2 saturated carbocycles. The number of rotatable bonds is 2. The molecule has 2 aromatic rings. The Morgan fingerprint density at radius 2 is 1.79 bits per heavy atom. The van der Waals surface area contributed by atoms with E-state index in [0.717, 1.165) is 22.2 Å². The fourth-order valence-electron chi connectivity index (χ4n) is 5.90. The smallest absolute Gasteiger partial charge is 0.190 e. The van der Waals surface area contributed by atoms with Crippen LogP contribution in [-0.4, -0.2) is 44.7 Å². The van der Waals surface area contributed by atoms with Crippen molar-refractivity contribution >= 4 is 40.3 Å². The highest BCUT2D eigenvalue weighted by molar-refractivity contribution is 7.15. The Bertz CT molecular complexity index is 1270. The van der Waals surface area contributed by atoms with Gasteiger partial charge in [-0.15, -0.1) is 11.3 Å². The summed E-state index contributed by atoms with van der Waals surface area (Å²) in [5.41, 5.74) is -1.07. The SMILES string of the molecule is CC(=O)C1C(=O)C[C@@H]2C[C@@H]3Cc4c(-c5ccc(C)s5)ccc(O)c4C(=O)C3C(=O)[C@]2(O)C1=O. The monoisotopic (exact) mass is 466 g/mol. The number of ketones is 5. The number of aliphatic hydroxyl groups is 1. The van der Waals surface area contributed by atoms with Crippen LogP contribution in [0, 0.1) is 30.6 Å². The molecule has 2 unspecified atom stereocenters. The highest BCUT2D eigenvalue weighted by atomic mass is 32.1. The predicted molar refractivity (Wildman–Crippen MR) is 118 cm³/mol. The maximum Gasteiger partial charge on any atom is 0.190 e. The van der Waals surface area contributed by atoms with Crippen LogP contribution in [0.4, 0.5) is 0 Å². The first-order valence-electron chi connectivity index (χ1n) is 10.9. The lowest BCUT2D eigenvalue weighted by molar-refractivity contribution is -0.175. The number of Topliss-reactive ketones (excluding diaryl/α,β-unsaturated/α-hetero) is 5. The van der Waals surface area contributed by atoms with Crippen LogP contribution in [0.15, 0.2) is 24.3 Å². The number of thiophene rings is 1. The van der Waals surface area contributed by atoms with Gasteiger partial charge in [0.15, 0.2) is 28.7 Å². The molecule has 5 atom stereocenters. The third-order valence-corrected chi connectivity index (χ3v) is 8.45. The molecule has 3 aliphatic rings. The zero-order valence-corrected chi connectivity index (χ0v) is 18.9. The first-order valence-corrected chi connectivity index (χ1v) is 11.7. The lowest BCUT2D eigenvalue weighted by Crippen LogP contribution is -2.67. The number of carbonyl (C=O) groups excluding carboxylic acids is 5. The van der Waals surface area contributed by atoms with Crippen molar-refractivity contribution in [3.8, 4) is 16.2 Å². The second kappa shape index (κ2) is 7.27. The van der Waals surface area contributed by atoms with Gasteiger partial charge in [0.1, 0.15) is 17.5 Å². The van der Waals surface area contributed by atoms with Crippen molar-refractivity contribution < 1.29 is 34.2 Å². The molecule has 33 heavy (non-hydrogen) atoms. The fourth-order valence-corrected chi connectivity index (χ4v) is 6.82. The molecule has 0 spiro atoms. The molecule has 7 nitrogen and oxygen atoms in total. The minimum absolute atomic E-state index is 0.0395. The first kappa shape index (κ1) is 21.9. The molecule has 2 fully saturated rings. The number of fused-ring (bicyclic) bond motifs is 3. The van der Waals surface area contributed by atoms with E-state index in [1.54, 1.807) is 17.4 Å². The van der Waals surface area contributed by atoms with E-state index in [2.05, 4.69) is 0 Å². The molecule has 170 valence electrons. The topological polar surface area (TPSA) is 126 Å². The molecule has 1 aromatic carbocycles. The highest BCUT2D eigenvalue weighted by Crippen LogP contribution is 2.51. The van der Waals surface area contributed by atoms with Crippen LogP contribution in [0.25, 0.3) is 10.4 Å². The summed E-state index contributed by atoms with van der Waals surface area (Å²) in [6, 6.07) is 7.07. The molecule has 8 heteroatoms. The number of phenolic OH excluding ortho intramolecular Hbond substituents is 1. The number of benzene rings is 1. The Morgan fingerprint density at radius 1 is 1.06 bits per heavy atom. The van der Waals surface area contributed by atoms with Gasteiger partial charge < -0.3 is 10.2 Å².